The van der Waals surface area contributed by atoms with Crippen LogP contribution in [0.2, 0.25) is 0 Å². The molecule has 0 bridgehead atoms. The summed E-state index contributed by atoms with van der Waals surface area (Å²) in [5.74, 6) is 0.682. The van der Waals surface area contributed by atoms with Gasteiger partial charge >= 0.3 is 6.09 Å². The third kappa shape index (κ3) is 8.80. The highest BCUT2D eigenvalue weighted by molar-refractivity contribution is 5.91. The van der Waals surface area contributed by atoms with Crippen LogP contribution in [-0.2, 0) is 14.3 Å². The first kappa shape index (κ1) is 27.4. The van der Waals surface area contributed by atoms with Crippen LogP contribution < -0.4 is 10.7 Å². The number of nitrogens with zero attached hydrogens (tertiary/aromatic N) is 2. The summed E-state index contributed by atoms with van der Waals surface area (Å²) in [6.07, 6.45) is 10.6. The first-order valence-electron chi connectivity index (χ1n) is 13.2. The van der Waals surface area contributed by atoms with Crippen LogP contribution >= 0.6 is 0 Å². The van der Waals surface area contributed by atoms with Crippen molar-refractivity contribution in [3.8, 4) is 0 Å². The van der Waals surface area contributed by atoms with Crippen molar-refractivity contribution in [2.75, 3.05) is 26.2 Å². The Morgan fingerprint density at radius 3 is 2.52 bits per heavy atom. The molecule has 2 atom stereocenters. The Hall–Kier alpha value is -1.83. The van der Waals surface area contributed by atoms with Gasteiger partial charge in [0.1, 0.15) is 6.04 Å². The van der Waals surface area contributed by atoms with Crippen LogP contribution in [0.25, 0.3) is 0 Å². The Bertz CT molecular complexity index is 622. The Labute approximate surface area is 200 Å². The minimum atomic E-state index is -0.583. The van der Waals surface area contributed by atoms with Crippen LogP contribution in [0.1, 0.15) is 91.9 Å². The lowest BCUT2D eigenvalue weighted by molar-refractivity contribution is -0.140. The lowest BCUT2D eigenvalue weighted by Gasteiger charge is -2.31. The number of likely N-dealkylation sites (tertiary alicyclic amines) is 1. The maximum Gasteiger partial charge on any atom is 0.428 e. The molecule has 190 valence electrons. The lowest BCUT2D eigenvalue weighted by atomic mass is 9.86. The predicted octanol–water partition coefficient (Wildman–Crippen LogP) is 3.85. The molecule has 0 unspecified atom stereocenters. The summed E-state index contributed by atoms with van der Waals surface area (Å²) in [5, 5.41) is 4.67. The molecule has 2 aliphatic rings. The average molecular weight is 467 g/mol. The second-order valence-electron chi connectivity index (χ2n) is 9.96. The van der Waals surface area contributed by atoms with E-state index in [4.69, 9.17) is 4.74 Å². The molecule has 2 fully saturated rings. The lowest BCUT2D eigenvalue weighted by Crippen LogP contribution is -2.56. The molecule has 1 aliphatic heterocycles. The van der Waals surface area contributed by atoms with E-state index in [2.05, 4.69) is 10.7 Å². The van der Waals surface area contributed by atoms with Gasteiger partial charge in [0.25, 0.3) is 5.91 Å². The molecule has 1 saturated heterocycles. The van der Waals surface area contributed by atoms with Crippen molar-refractivity contribution in [3.05, 3.63) is 0 Å². The molecule has 8 heteroatoms. The van der Waals surface area contributed by atoms with E-state index in [1.807, 2.05) is 20.8 Å². The molecule has 0 radical (unpaired) electrons. The third-order valence-corrected chi connectivity index (χ3v) is 6.67. The van der Waals surface area contributed by atoms with Gasteiger partial charge in [-0.1, -0.05) is 59.3 Å². The van der Waals surface area contributed by atoms with Gasteiger partial charge in [-0.3, -0.25) is 15.0 Å². The molecule has 0 spiro atoms. The van der Waals surface area contributed by atoms with Gasteiger partial charge in [0.05, 0.1) is 12.6 Å². The molecule has 33 heavy (non-hydrogen) atoms. The van der Waals surface area contributed by atoms with Crippen LogP contribution in [0.5, 0.6) is 0 Å². The zero-order valence-electron chi connectivity index (χ0n) is 21.2. The quantitative estimate of drug-likeness (QED) is 0.337. The van der Waals surface area contributed by atoms with Crippen molar-refractivity contribution in [1.29, 1.82) is 0 Å². The molecular weight excluding hydrogens is 420 g/mol. The van der Waals surface area contributed by atoms with Crippen LogP contribution in [0.4, 0.5) is 4.79 Å². The highest BCUT2D eigenvalue weighted by atomic mass is 16.6. The number of rotatable bonds is 12. The van der Waals surface area contributed by atoms with Gasteiger partial charge in [0.15, 0.2) is 0 Å². The number of hydrogen-bond donors (Lipinski definition) is 2. The van der Waals surface area contributed by atoms with Crippen LogP contribution in [0.15, 0.2) is 0 Å². The van der Waals surface area contributed by atoms with E-state index in [9.17, 15) is 14.4 Å². The van der Waals surface area contributed by atoms with Gasteiger partial charge in [-0.05, 0) is 51.0 Å². The van der Waals surface area contributed by atoms with Gasteiger partial charge < -0.3 is 15.0 Å². The number of nitrogens with one attached hydrogen (secondary N) is 2. The Morgan fingerprint density at radius 2 is 1.88 bits per heavy atom. The van der Waals surface area contributed by atoms with Gasteiger partial charge in [-0.15, -0.1) is 0 Å². The van der Waals surface area contributed by atoms with E-state index in [0.29, 0.717) is 25.9 Å². The minimum Gasteiger partial charge on any atom is -0.448 e. The summed E-state index contributed by atoms with van der Waals surface area (Å²) >= 11 is 0. The van der Waals surface area contributed by atoms with Crippen molar-refractivity contribution in [2.45, 2.75) is 104 Å². The number of hydrogen-bond acceptors (Lipinski definition) is 5. The minimum absolute atomic E-state index is 0.00666. The summed E-state index contributed by atoms with van der Waals surface area (Å²) in [6, 6.07) is -0.805. The first-order valence-corrected chi connectivity index (χ1v) is 13.2. The summed E-state index contributed by atoms with van der Waals surface area (Å²) in [5.41, 5.74) is 2.72. The van der Waals surface area contributed by atoms with Crippen molar-refractivity contribution in [3.63, 3.8) is 0 Å². The fourth-order valence-electron chi connectivity index (χ4n) is 4.99. The van der Waals surface area contributed by atoms with E-state index in [0.717, 1.165) is 25.3 Å². The summed E-state index contributed by atoms with van der Waals surface area (Å²) in [4.78, 5) is 40.2. The Morgan fingerprint density at radius 1 is 1.15 bits per heavy atom. The molecule has 0 aromatic heterocycles. The number of hydrazine groups is 1. The summed E-state index contributed by atoms with van der Waals surface area (Å²) < 4.78 is 5.09. The number of ether oxygens (including phenoxy) is 1. The van der Waals surface area contributed by atoms with E-state index in [1.165, 1.54) is 43.5 Å². The maximum atomic E-state index is 13.1. The molecule has 0 aromatic carbocycles. The van der Waals surface area contributed by atoms with E-state index < -0.39 is 12.1 Å². The third-order valence-electron chi connectivity index (χ3n) is 6.67. The Balaban J connectivity index is 1.89. The molecule has 2 N–H and O–H groups in total. The Kier molecular flexibility index (Phi) is 12.0. The standard InChI is InChI=1S/C25H46N4O4/c1-5-11-22(23(30)27-29(18-19(3)4)25(32)33-6-2)28-17-15-21(24(28)31)26-16-10-14-20-12-8-7-9-13-20/h19-22,26H,5-18H2,1-4H3,(H,27,30)/t21-,22+/m1/s1. The van der Waals surface area contributed by atoms with Crippen LogP contribution in [0, 0.1) is 11.8 Å². The van der Waals surface area contributed by atoms with Crippen molar-refractivity contribution in [1.82, 2.24) is 20.7 Å². The normalized spacial score (nSPS) is 20.2. The fourth-order valence-corrected chi connectivity index (χ4v) is 4.99. The number of amides is 3. The van der Waals surface area contributed by atoms with E-state index in [1.54, 1.807) is 11.8 Å². The molecular formula is C25H46N4O4. The smallest absolute Gasteiger partial charge is 0.428 e. The van der Waals surface area contributed by atoms with Gasteiger partial charge in [0, 0.05) is 13.1 Å². The number of carbonyl (C=O) groups excluding carboxylic acids is 3. The van der Waals surface area contributed by atoms with E-state index >= 15 is 0 Å². The van der Waals surface area contributed by atoms with Gasteiger partial charge in [0.2, 0.25) is 5.91 Å². The van der Waals surface area contributed by atoms with Gasteiger partial charge in [-0.2, -0.15) is 0 Å². The molecule has 1 heterocycles. The summed E-state index contributed by atoms with van der Waals surface area (Å²) in [7, 11) is 0. The number of carbonyl (C=O) groups is 3. The molecule has 1 saturated carbocycles. The molecule has 3 amide bonds. The van der Waals surface area contributed by atoms with Crippen molar-refractivity contribution < 1.29 is 19.1 Å². The SMILES string of the molecule is CCC[C@@H](C(=O)NN(CC(C)C)C(=O)OCC)N1CC[C@@H](NCCCC2CCCCC2)C1=O. The average Bonchev–Trinajstić information content (AvgIpc) is 3.15. The molecule has 2 rings (SSSR count). The fraction of sp³-hybridized carbons (Fsp3) is 0.880. The second-order valence-corrected chi connectivity index (χ2v) is 9.96. The predicted molar refractivity (Wildman–Crippen MR) is 129 cm³/mol. The molecule has 0 aromatic rings. The topological polar surface area (TPSA) is 91.0 Å². The van der Waals surface area contributed by atoms with Crippen molar-refractivity contribution >= 4 is 17.9 Å². The zero-order valence-corrected chi connectivity index (χ0v) is 21.2. The van der Waals surface area contributed by atoms with Crippen LogP contribution in [-0.4, -0.2) is 66.1 Å². The largest absolute Gasteiger partial charge is 0.448 e. The molecule has 1 aliphatic carbocycles. The van der Waals surface area contributed by atoms with Crippen molar-refractivity contribution in [2.24, 2.45) is 11.8 Å². The highest BCUT2D eigenvalue weighted by Gasteiger charge is 2.39. The van der Waals surface area contributed by atoms with E-state index in [-0.39, 0.29) is 30.4 Å². The summed E-state index contributed by atoms with van der Waals surface area (Å²) in [6.45, 7) is 9.66. The zero-order chi connectivity index (χ0) is 24.2. The highest BCUT2D eigenvalue weighted by Crippen LogP contribution is 2.27. The molecule has 8 nitrogen and oxygen atoms in total. The maximum absolute atomic E-state index is 13.1. The van der Waals surface area contributed by atoms with Crippen LogP contribution in [0.3, 0.4) is 0 Å². The second kappa shape index (κ2) is 14.4. The monoisotopic (exact) mass is 466 g/mol. The first-order chi connectivity index (χ1) is 15.9. The van der Waals surface area contributed by atoms with Gasteiger partial charge in [-0.25, -0.2) is 9.80 Å².